The van der Waals surface area contributed by atoms with Crippen LogP contribution in [-0.4, -0.2) is 22.0 Å². The molecule has 0 amide bonds. The number of hydrogen-bond donors (Lipinski definition) is 0. The van der Waals surface area contributed by atoms with Crippen LogP contribution in [0.15, 0.2) is 22.8 Å². The molecule has 2 aliphatic rings. The summed E-state index contributed by atoms with van der Waals surface area (Å²) in [7, 11) is 0. The van der Waals surface area contributed by atoms with E-state index >= 15 is 0 Å². The minimum absolute atomic E-state index is 0.798. The smallest absolute Gasteiger partial charge is 0.0545 e. The van der Waals surface area contributed by atoms with Gasteiger partial charge in [-0.1, -0.05) is 38.5 Å². The van der Waals surface area contributed by atoms with Crippen LogP contribution in [0.3, 0.4) is 0 Å². The maximum absolute atomic E-state index is 4.62. The number of aromatic nitrogens is 1. The van der Waals surface area contributed by atoms with Crippen molar-refractivity contribution in [2.75, 3.05) is 0 Å². The van der Waals surface area contributed by atoms with Crippen molar-refractivity contribution in [2.45, 2.75) is 82.8 Å². The lowest BCUT2D eigenvalue weighted by Gasteiger charge is -2.41. The highest BCUT2D eigenvalue weighted by Gasteiger charge is 2.28. The average molecular weight is 351 g/mol. The highest BCUT2D eigenvalue weighted by atomic mass is 79.9. The zero-order valence-electron chi connectivity index (χ0n) is 12.9. The normalized spacial score (nSPS) is 21.8. The highest BCUT2D eigenvalue weighted by Crippen LogP contribution is 2.31. The zero-order valence-corrected chi connectivity index (χ0v) is 14.5. The van der Waals surface area contributed by atoms with Crippen LogP contribution in [-0.2, 0) is 6.54 Å². The second-order valence-corrected chi connectivity index (χ2v) is 7.64. The maximum atomic E-state index is 4.62. The summed E-state index contributed by atoms with van der Waals surface area (Å²) in [4.78, 5) is 7.43. The molecule has 2 saturated carbocycles. The van der Waals surface area contributed by atoms with Gasteiger partial charge < -0.3 is 0 Å². The van der Waals surface area contributed by atoms with Crippen molar-refractivity contribution in [3.8, 4) is 0 Å². The van der Waals surface area contributed by atoms with Crippen molar-refractivity contribution in [2.24, 2.45) is 0 Å². The van der Waals surface area contributed by atoms with Crippen molar-refractivity contribution in [1.29, 1.82) is 0 Å². The van der Waals surface area contributed by atoms with E-state index in [1.54, 1.807) is 0 Å². The Labute approximate surface area is 137 Å². The monoisotopic (exact) mass is 350 g/mol. The number of hydrogen-bond acceptors (Lipinski definition) is 2. The van der Waals surface area contributed by atoms with Gasteiger partial charge in [0.1, 0.15) is 0 Å². The molecule has 3 rings (SSSR count). The molecule has 1 aromatic heterocycles. The van der Waals surface area contributed by atoms with Crippen molar-refractivity contribution in [3.63, 3.8) is 0 Å². The fraction of sp³-hybridized carbons (Fsp3) is 0.722. The minimum Gasteiger partial charge on any atom is -0.292 e. The molecular weight excluding hydrogens is 324 g/mol. The lowest BCUT2D eigenvalue weighted by molar-refractivity contribution is 0.0718. The summed E-state index contributed by atoms with van der Waals surface area (Å²) in [6, 6.07) is 5.91. The van der Waals surface area contributed by atoms with Gasteiger partial charge in [0.25, 0.3) is 0 Å². The fourth-order valence-corrected chi connectivity index (χ4v) is 4.30. The van der Waals surface area contributed by atoms with Gasteiger partial charge in [-0.3, -0.25) is 9.88 Å². The van der Waals surface area contributed by atoms with Crippen molar-refractivity contribution >= 4 is 15.9 Å². The molecule has 3 heteroatoms. The summed E-state index contributed by atoms with van der Waals surface area (Å²) in [6.07, 6.45) is 16.1. The molecule has 21 heavy (non-hydrogen) atoms. The number of halogens is 1. The Morgan fingerprint density at radius 3 is 1.95 bits per heavy atom. The Bertz CT molecular complexity index is 401. The number of nitrogens with zero attached hydrogens (tertiary/aromatic N) is 2. The van der Waals surface area contributed by atoms with E-state index in [-0.39, 0.29) is 0 Å². The van der Waals surface area contributed by atoms with E-state index in [1.807, 2.05) is 6.20 Å². The largest absolute Gasteiger partial charge is 0.292 e. The van der Waals surface area contributed by atoms with Crippen LogP contribution in [0.5, 0.6) is 0 Å². The minimum atomic E-state index is 0.798. The quantitative estimate of drug-likeness (QED) is 0.731. The molecular formula is C18H27BrN2. The molecule has 2 aliphatic carbocycles. The molecule has 1 aromatic rings. The highest BCUT2D eigenvalue weighted by molar-refractivity contribution is 9.10. The first-order valence-corrected chi connectivity index (χ1v) is 9.48. The lowest BCUT2D eigenvalue weighted by Crippen LogP contribution is -2.44. The third kappa shape index (κ3) is 4.29. The van der Waals surface area contributed by atoms with Crippen LogP contribution in [0.2, 0.25) is 0 Å². The molecule has 2 fully saturated rings. The number of pyridine rings is 1. The molecule has 0 aromatic carbocycles. The molecule has 0 bridgehead atoms. The molecule has 0 unspecified atom stereocenters. The predicted molar refractivity (Wildman–Crippen MR) is 91.2 cm³/mol. The first kappa shape index (κ1) is 15.5. The summed E-state index contributed by atoms with van der Waals surface area (Å²) in [5, 5.41) is 0. The van der Waals surface area contributed by atoms with E-state index in [9.17, 15) is 0 Å². The van der Waals surface area contributed by atoms with Crippen molar-refractivity contribution < 1.29 is 0 Å². The summed E-state index contributed by atoms with van der Waals surface area (Å²) in [5.74, 6) is 0. The van der Waals surface area contributed by atoms with Crippen LogP contribution >= 0.6 is 15.9 Å². The molecule has 0 spiro atoms. The molecule has 0 saturated heterocycles. The van der Waals surface area contributed by atoms with E-state index in [1.165, 1.54) is 69.9 Å². The van der Waals surface area contributed by atoms with Crippen LogP contribution in [0.1, 0.15) is 69.9 Å². The molecule has 0 N–H and O–H groups in total. The van der Waals surface area contributed by atoms with Gasteiger partial charge in [0.2, 0.25) is 0 Å². The van der Waals surface area contributed by atoms with Crippen LogP contribution in [0, 0.1) is 0 Å². The zero-order chi connectivity index (χ0) is 14.5. The van der Waals surface area contributed by atoms with Gasteiger partial charge in [-0.2, -0.15) is 0 Å². The molecule has 0 aliphatic heterocycles. The second kappa shape index (κ2) is 7.73. The first-order chi connectivity index (χ1) is 10.3. The predicted octanol–water partition coefficient (Wildman–Crippen LogP) is 5.31. The molecule has 116 valence electrons. The molecule has 0 radical (unpaired) electrons. The molecule has 1 heterocycles. The van der Waals surface area contributed by atoms with Crippen LogP contribution in [0.4, 0.5) is 0 Å². The maximum Gasteiger partial charge on any atom is 0.0545 e. The second-order valence-electron chi connectivity index (χ2n) is 6.72. The van der Waals surface area contributed by atoms with E-state index in [4.69, 9.17) is 0 Å². The van der Waals surface area contributed by atoms with Crippen molar-refractivity contribution in [1.82, 2.24) is 9.88 Å². The van der Waals surface area contributed by atoms with Crippen LogP contribution in [0.25, 0.3) is 0 Å². The first-order valence-electron chi connectivity index (χ1n) is 8.69. The van der Waals surface area contributed by atoms with Gasteiger partial charge in [0.15, 0.2) is 0 Å². The summed E-state index contributed by atoms with van der Waals surface area (Å²) >= 11 is 3.49. The van der Waals surface area contributed by atoms with E-state index in [0.29, 0.717) is 0 Å². The van der Waals surface area contributed by atoms with E-state index in [2.05, 4.69) is 37.9 Å². The van der Waals surface area contributed by atoms with Gasteiger partial charge >= 0.3 is 0 Å². The average Bonchev–Trinajstić information content (AvgIpc) is 2.56. The SMILES string of the molecule is Brc1ccc(CN(C2CCCCC2)C2CCCCC2)nc1. The standard InChI is InChI=1S/C18H27BrN2/c19-15-11-12-16(20-13-15)14-21(17-7-3-1-4-8-17)18-9-5-2-6-10-18/h11-13,17-18H,1-10,14H2. The Hall–Kier alpha value is -0.410. The van der Waals surface area contributed by atoms with Gasteiger partial charge in [-0.25, -0.2) is 0 Å². The molecule has 2 nitrogen and oxygen atoms in total. The topological polar surface area (TPSA) is 16.1 Å². The lowest BCUT2D eigenvalue weighted by atomic mass is 9.88. The van der Waals surface area contributed by atoms with Gasteiger partial charge in [-0.05, 0) is 53.7 Å². The Balaban J connectivity index is 1.72. The van der Waals surface area contributed by atoms with Gasteiger partial charge in [0.05, 0.1) is 5.69 Å². The third-order valence-corrected chi connectivity index (χ3v) is 5.69. The Morgan fingerprint density at radius 1 is 0.905 bits per heavy atom. The molecule has 0 atom stereocenters. The van der Waals surface area contributed by atoms with E-state index < -0.39 is 0 Å². The fourth-order valence-electron chi connectivity index (χ4n) is 4.07. The Kier molecular flexibility index (Phi) is 5.70. The van der Waals surface area contributed by atoms with Crippen molar-refractivity contribution in [3.05, 3.63) is 28.5 Å². The van der Waals surface area contributed by atoms with Gasteiger partial charge in [-0.15, -0.1) is 0 Å². The Morgan fingerprint density at radius 2 is 1.48 bits per heavy atom. The van der Waals surface area contributed by atoms with E-state index in [0.717, 1.165) is 23.1 Å². The van der Waals surface area contributed by atoms with Crippen LogP contribution < -0.4 is 0 Å². The summed E-state index contributed by atoms with van der Waals surface area (Å²) in [5.41, 5.74) is 1.23. The third-order valence-electron chi connectivity index (χ3n) is 5.22. The summed E-state index contributed by atoms with van der Waals surface area (Å²) < 4.78 is 1.08. The van der Waals surface area contributed by atoms with Gasteiger partial charge in [0, 0.05) is 29.3 Å². The summed E-state index contributed by atoms with van der Waals surface area (Å²) in [6.45, 7) is 1.04. The number of rotatable bonds is 4.